The maximum absolute atomic E-state index is 10.7. The standard InChI is InChI=1S/C16H17Cl2NOS/c17-13-5-1-11(2-6-13)15(19-9-10-21)16(20)12-3-7-14(18)8-4-12/h1-8,15-16,19-21H,9-10H2. The zero-order valence-electron chi connectivity index (χ0n) is 11.3. The van der Waals surface area contributed by atoms with E-state index in [0.717, 1.165) is 11.1 Å². The number of rotatable bonds is 6. The van der Waals surface area contributed by atoms with E-state index in [4.69, 9.17) is 23.2 Å². The molecule has 0 radical (unpaired) electrons. The van der Waals surface area contributed by atoms with Gasteiger partial charge < -0.3 is 10.4 Å². The van der Waals surface area contributed by atoms with E-state index in [-0.39, 0.29) is 6.04 Å². The Balaban J connectivity index is 2.26. The summed E-state index contributed by atoms with van der Waals surface area (Å²) in [6.07, 6.45) is -0.677. The lowest BCUT2D eigenvalue weighted by Crippen LogP contribution is -2.28. The molecule has 0 heterocycles. The quantitative estimate of drug-likeness (QED) is 0.685. The highest BCUT2D eigenvalue weighted by Crippen LogP contribution is 2.30. The molecule has 0 saturated heterocycles. The lowest BCUT2D eigenvalue weighted by molar-refractivity contribution is 0.130. The van der Waals surface area contributed by atoms with Crippen LogP contribution in [0.2, 0.25) is 10.0 Å². The van der Waals surface area contributed by atoms with Gasteiger partial charge in [-0.05, 0) is 35.4 Å². The number of aliphatic hydroxyl groups excluding tert-OH is 1. The molecule has 0 aromatic heterocycles. The van der Waals surface area contributed by atoms with Crippen molar-refractivity contribution >= 4 is 35.8 Å². The molecule has 0 bridgehead atoms. The first-order valence-corrected chi connectivity index (χ1v) is 8.04. The van der Waals surface area contributed by atoms with Crippen molar-refractivity contribution in [2.75, 3.05) is 12.3 Å². The van der Waals surface area contributed by atoms with E-state index < -0.39 is 6.10 Å². The first kappa shape index (κ1) is 16.7. The average molecular weight is 342 g/mol. The summed E-state index contributed by atoms with van der Waals surface area (Å²) in [6, 6.07) is 14.5. The third-order valence-corrected chi connectivity index (χ3v) is 3.96. The fourth-order valence-corrected chi connectivity index (χ4v) is 2.54. The second-order valence-electron chi connectivity index (χ2n) is 4.70. The zero-order valence-corrected chi connectivity index (χ0v) is 13.7. The van der Waals surface area contributed by atoms with Crippen molar-refractivity contribution in [2.45, 2.75) is 12.1 Å². The summed E-state index contributed by atoms with van der Waals surface area (Å²) >= 11 is 16.0. The SMILES string of the molecule is OC(c1ccc(Cl)cc1)C(NCCS)c1ccc(Cl)cc1. The van der Waals surface area contributed by atoms with Crippen molar-refractivity contribution in [2.24, 2.45) is 0 Å². The van der Waals surface area contributed by atoms with Gasteiger partial charge in [0, 0.05) is 22.3 Å². The van der Waals surface area contributed by atoms with Crippen LogP contribution in [0.4, 0.5) is 0 Å². The molecule has 2 rings (SSSR count). The topological polar surface area (TPSA) is 32.3 Å². The van der Waals surface area contributed by atoms with Crippen LogP contribution in [-0.4, -0.2) is 17.4 Å². The maximum atomic E-state index is 10.7. The van der Waals surface area contributed by atoms with Crippen LogP contribution >= 0.6 is 35.8 Å². The van der Waals surface area contributed by atoms with Crippen molar-refractivity contribution in [3.63, 3.8) is 0 Å². The van der Waals surface area contributed by atoms with Crippen LogP contribution in [0.5, 0.6) is 0 Å². The Labute approximate surface area is 140 Å². The molecule has 2 N–H and O–H groups in total. The van der Waals surface area contributed by atoms with E-state index in [1.54, 1.807) is 12.1 Å². The number of hydrogen-bond donors (Lipinski definition) is 3. The molecule has 2 aromatic carbocycles. The summed E-state index contributed by atoms with van der Waals surface area (Å²) in [6.45, 7) is 0.695. The summed E-state index contributed by atoms with van der Waals surface area (Å²) in [7, 11) is 0. The minimum atomic E-state index is -0.677. The highest BCUT2D eigenvalue weighted by atomic mass is 35.5. The second-order valence-corrected chi connectivity index (χ2v) is 6.02. The molecule has 2 nitrogen and oxygen atoms in total. The van der Waals surface area contributed by atoms with Crippen molar-refractivity contribution in [1.82, 2.24) is 5.32 Å². The van der Waals surface area contributed by atoms with Gasteiger partial charge in [-0.15, -0.1) is 0 Å². The van der Waals surface area contributed by atoms with Crippen LogP contribution < -0.4 is 5.32 Å². The van der Waals surface area contributed by atoms with Gasteiger partial charge in [0.2, 0.25) is 0 Å². The van der Waals surface area contributed by atoms with Gasteiger partial charge in [0.15, 0.2) is 0 Å². The molecule has 0 saturated carbocycles. The van der Waals surface area contributed by atoms with Gasteiger partial charge in [-0.3, -0.25) is 0 Å². The van der Waals surface area contributed by atoms with Crippen LogP contribution in [0.15, 0.2) is 48.5 Å². The zero-order chi connectivity index (χ0) is 15.2. The number of benzene rings is 2. The third-order valence-electron chi connectivity index (χ3n) is 3.23. The Morgan fingerprint density at radius 1 is 0.905 bits per heavy atom. The number of nitrogens with one attached hydrogen (secondary N) is 1. The molecular weight excluding hydrogens is 325 g/mol. The van der Waals surface area contributed by atoms with Crippen LogP contribution in [0.1, 0.15) is 23.3 Å². The summed E-state index contributed by atoms with van der Waals surface area (Å²) in [5, 5.41) is 15.3. The molecular formula is C16H17Cl2NOS. The van der Waals surface area contributed by atoms with Crippen molar-refractivity contribution in [3.05, 3.63) is 69.7 Å². The largest absolute Gasteiger partial charge is 0.386 e. The number of halogens is 2. The normalized spacial score (nSPS) is 13.9. The Bertz CT molecular complexity index is 559. The number of hydrogen-bond acceptors (Lipinski definition) is 3. The third kappa shape index (κ3) is 4.63. The number of aliphatic hydroxyl groups is 1. The van der Waals surface area contributed by atoms with E-state index in [1.807, 2.05) is 36.4 Å². The molecule has 112 valence electrons. The van der Waals surface area contributed by atoms with Crippen LogP contribution in [0.25, 0.3) is 0 Å². The maximum Gasteiger partial charge on any atom is 0.0984 e. The van der Waals surface area contributed by atoms with E-state index >= 15 is 0 Å². The highest BCUT2D eigenvalue weighted by molar-refractivity contribution is 7.80. The fourth-order valence-electron chi connectivity index (χ4n) is 2.15. The molecule has 0 aliphatic carbocycles. The van der Waals surface area contributed by atoms with E-state index in [0.29, 0.717) is 22.3 Å². The van der Waals surface area contributed by atoms with E-state index in [9.17, 15) is 5.11 Å². The predicted octanol–water partition coefficient (Wildman–Crippen LogP) is 4.29. The average Bonchev–Trinajstić information content (AvgIpc) is 2.50. The van der Waals surface area contributed by atoms with Crippen LogP contribution in [0.3, 0.4) is 0 Å². The van der Waals surface area contributed by atoms with Gasteiger partial charge in [0.05, 0.1) is 12.1 Å². The fraction of sp³-hybridized carbons (Fsp3) is 0.250. The van der Waals surface area contributed by atoms with Crippen molar-refractivity contribution in [3.8, 4) is 0 Å². The lowest BCUT2D eigenvalue weighted by atomic mass is 9.96. The molecule has 0 spiro atoms. The molecule has 2 unspecified atom stereocenters. The lowest BCUT2D eigenvalue weighted by Gasteiger charge is -2.25. The Morgan fingerprint density at radius 2 is 1.38 bits per heavy atom. The second kappa shape index (κ2) is 8.06. The van der Waals surface area contributed by atoms with E-state index in [1.165, 1.54) is 0 Å². The molecule has 0 aliphatic heterocycles. The smallest absolute Gasteiger partial charge is 0.0984 e. The Hall–Kier alpha value is -0.710. The van der Waals surface area contributed by atoms with Crippen molar-refractivity contribution < 1.29 is 5.11 Å². The number of thiol groups is 1. The van der Waals surface area contributed by atoms with Gasteiger partial charge in [-0.1, -0.05) is 47.5 Å². The first-order valence-electron chi connectivity index (χ1n) is 6.65. The molecule has 0 amide bonds. The summed E-state index contributed by atoms with van der Waals surface area (Å²) in [4.78, 5) is 0. The molecule has 0 fully saturated rings. The van der Waals surface area contributed by atoms with Gasteiger partial charge in [-0.2, -0.15) is 12.6 Å². The Morgan fingerprint density at radius 3 is 1.86 bits per heavy atom. The summed E-state index contributed by atoms with van der Waals surface area (Å²) in [5.41, 5.74) is 1.79. The molecule has 21 heavy (non-hydrogen) atoms. The van der Waals surface area contributed by atoms with Crippen molar-refractivity contribution in [1.29, 1.82) is 0 Å². The minimum Gasteiger partial charge on any atom is -0.386 e. The molecule has 5 heteroatoms. The minimum absolute atomic E-state index is 0.226. The van der Waals surface area contributed by atoms with Gasteiger partial charge in [0.25, 0.3) is 0 Å². The molecule has 2 aromatic rings. The van der Waals surface area contributed by atoms with Gasteiger partial charge in [0.1, 0.15) is 0 Å². The van der Waals surface area contributed by atoms with Crippen LogP contribution in [-0.2, 0) is 0 Å². The van der Waals surface area contributed by atoms with Gasteiger partial charge in [-0.25, -0.2) is 0 Å². The Kier molecular flexibility index (Phi) is 6.40. The molecule has 0 aliphatic rings. The predicted molar refractivity (Wildman–Crippen MR) is 92.5 cm³/mol. The van der Waals surface area contributed by atoms with Gasteiger partial charge >= 0.3 is 0 Å². The summed E-state index contributed by atoms with van der Waals surface area (Å²) in [5.74, 6) is 0.692. The summed E-state index contributed by atoms with van der Waals surface area (Å²) < 4.78 is 0. The molecule has 2 atom stereocenters. The first-order chi connectivity index (χ1) is 10.1. The highest BCUT2D eigenvalue weighted by Gasteiger charge is 2.22. The van der Waals surface area contributed by atoms with E-state index in [2.05, 4.69) is 17.9 Å². The monoisotopic (exact) mass is 341 g/mol. The van der Waals surface area contributed by atoms with Crippen LogP contribution in [0, 0.1) is 0 Å².